The van der Waals surface area contributed by atoms with Crippen molar-refractivity contribution < 1.29 is 23.9 Å². The van der Waals surface area contributed by atoms with Crippen molar-refractivity contribution in [3.8, 4) is 0 Å². The second-order valence-electron chi connectivity index (χ2n) is 9.67. The number of hydrogen-bond donors (Lipinski definition) is 2. The highest BCUT2D eigenvalue weighted by atomic mass is 16.5. The number of carbonyl (C=O) groups is 3. The Morgan fingerprint density at radius 3 is 2.55 bits per heavy atom. The van der Waals surface area contributed by atoms with E-state index in [4.69, 9.17) is 9.47 Å². The van der Waals surface area contributed by atoms with Crippen LogP contribution in [0.5, 0.6) is 0 Å². The molecule has 2 saturated heterocycles. The van der Waals surface area contributed by atoms with Gasteiger partial charge in [-0.2, -0.15) is 0 Å². The fraction of sp³-hybridized carbons (Fsp3) is 0.640. The zero-order valence-electron chi connectivity index (χ0n) is 20.0. The molecule has 0 aromatic heterocycles. The Balaban J connectivity index is 1.68. The van der Waals surface area contributed by atoms with E-state index in [2.05, 4.69) is 36.6 Å². The zero-order valence-corrected chi connectivity index (χ0v) is 20.0. The lowest BCUT2D eigenvalue weighted by Crippen LogP contribution is -2.57. The number of benzene rings is 1. The minimum atomic E-state index is -0.753. The summed E-state index contributed by atoms with van der Waals surface area (Å²) in [6.45, 7) is 8.10. The molecule has 33 heavy (non-hydrogen) atoms. The van der Waals surface area contributed by atoms with Crippen LogP contribution < -0.4 is 10.6 Å². The fourth-order valence-corrected chi connectivity index (χ4v) is 4.36. The van der Waals surface area contributed by atoms with E-state index in [1.54, 1.807) is 4.90 Å². The van der Waals surface area contributed by atoms with Crippen LogP contribution in [0.2, 0.25) is 0 Å². The molecule has 8 nitrogen and oxygen atoms in total. The number of morpholine rings is 1. The molecule has 0 bridgehead atoms. The fourth-order valence-electron chi connectivity index (χ4n) is 4.36. The monoisotopic (exact) mass is 459 g/mol. The van der Waals surface area contributed by atoms with Gasteiger partial charge in [0.1, 0.15) is 18.7 Å². The first-order valence-corrected chi connectivity index (χ1v) is 11.9. The molecule has 2 fully saturated rings. The third-order valence-electron chi connectivity index (χ3n) is 6.46. The number of rotatable bonds is 9. The van der Waals surface area contributed by atoms with Crippen LogP contribution in [0, 0.1) is 5.41 Å². The summed E-state index contributed by atoms with van der Waals surface area (Å²) in [5, 5.41) is 5.79. The molecule has 3 unspecified atom stereocenters. The van der Waals surface area contributed by atoms with E-state index in [0.29, 0.717) is 39.1 Å². The number of Topliss-reactive ketones (excluding diaryl/α,β-unsaturated/α-hetero) is 1. The van der Waals surface area contributed by atoms with Gasteiger partial charge in [0.25, 0.3) is 0 Å². The van der Waals surface area contributed by atoms with Gasteiger partial charge in [-0.1, -0.05) is 51.1 Å². The first kappa shape index (κ1) is 25.2. The van der Waals surface area contributed by atoms with Gasteiger partial charge in [0.05, 0.1) is 19.3 Å². The molecule has 1 aromatic carbocycles. The zero-order chi connectivity index (χ0) is 23.8. The molecule has 0 aliphatic carbocycles. The van der Waals surface area contributed by atoms with Crippen LogP contribution in [0.4, 0.5) is 4.79 Å². The minimum Gasteiger partial charge on any atom is -0.378 e. The van der Waals surface area contributed by atoms with Crippen LogP contribution in [-0.4, -0.2) is 73.7 Å². The molecule has 8 heteroatoms. The van der Waals surface area contributed by atoms with Crippen LogP contribution in [0.1, 0.15) is 45.6 Å². The van der Waals surface area contributed by atoms with Gasteiger partial charge in [0.15, 0.2) is 5.78 Å². The first-order chi connectivity index (χ1) is 15.8. The first-order valence-electron chi connectivity index (χ1n) is 11.9. The van der Waals surface area contributed by atoms with Gasteiger partial charge in [-0.25, -0.2) is 4.79 Å². The molecule has 0 radical (unpaired) electrons. The number of carbonyl (C=O) groups excluding carboxylic acids is 3. The third-order valence-corrected chi connectivity index (χ3v) is 6.46. The molecular formula is C25H37N3O5. The van der Waals surface area contributed by atoms with Crippen molar-refractivity contribution in [2.24, 2.45) is 5.41 Å². The van der Waals surface area contributed by atoms with E-state index in [1.807, 2.05) is 25.1 Å². The Labute approximate surface area is 196 Å². The molecule has 3 atom stereocenters. The van der Waals surface area contributed by atoms with Crippen molar-refractivity contribution in [2.75, 3.05) is 32.9 Å². The summed E-state index contributed by atoms with van der Waals surface area (Å²) in [6, 6.07) is 8.52. The maximum atomic E-state index is 13.3. The summed E-state index contributed by atoms with van der Waals surface area (Å²) in [6.07, 6.45) is 2.50. The number of hydrogen-bond acceptors (Lipinski definition) is 5. The Morgan fingerprint density at radius 1 is 1.18 bits per heavy atom. The normalized spacial score (nSPS) is 22.2. The van der Waals surface area contributed by atoms with E-state index in [0.717, 1.165) is 12.8 Å². The molecule has 2 N–H and O–H groups in total. The molecule has 3 amide bonds. The number of urea groups is 1. The maximum Gasteiger partial charge on any atom is 0.318 e. The second-order valence-corrected chi connectivity index (χ2v) is 9.67. The summed E-state index contributed by atoms with van der Waals surface area (Å²) in [5.74, 6) is -0.469. The topological polar surface area (TPSA) is 97.0 Å². The van der Waals surface area contributed by atoms with Gasteiger partial charge >= 0.3 is 6.03 Å². The number of ketones is 1. The van der Waals surface area contributed by atoms with Gasteiger partial charge in [0, 0.05) is 13.1 Å². The van der Waals surface area contributed by atoms with Crippen molar-refractivity contribution in [1.29, 1.82) is 0 Å². The molecule has 1 aromatic rings. The Hall–Kier alpha value is -2.45. The molecular weight excluding hydrogens is 422 g/mol. The molecule has 0 saturated carbocycles. The summed E-state index contributed by atoms with van der Waals surface area (Å²) in [5.41, 5.74) is 1.03. The summed E-state index contributed by atoms with van der Waals surface area (Å²) in [7, 11) is 0. The molecule has 3 rings (SSSR count). The smallest absolute Gasteiger partial charge is 0.318 e. The van der Waals surface area contributed by atoms with E-state index in [9.17, 15) is 14.4 Å². The highest BCUT2D eigenvalue weighted by Gasteiger charge is 2.38. The lowest BCUT2D eigenvalue weighted by Gasteiger charge is -2.33. The van der Waals surface area contributed by atoms with Crippen molar-refractivity contribution in [3.05, 3.63) is 35.9 Å². The van der Waals surface area contributed by atoms with Crippen molar-refractivity contribution in [3.63, 3.8) is 0 Å². The van der Waals surface area contributed by atoms with Crippen molar-refractivity contribution in [2.45, 2.75) is 64.6 Å². The number of amides is 3. The lowest BCUT2D eigenvalue weighted by molar-refractivity contribution is -0.128. The molecule has 2 aliphatic heterocycles. The lowest BCUT2D eigenvalue weighted by atomic mass is 9.80. The van der Waals surface area contributed by atoms with E-state index < -0.39 is 12.1 Å². The van der Waals surface area contributed by atoms with Crippen LogP contribution in [-0.2, 0) is 25.5 Å². The highest BCUT2D eigenvalue weighted by molar-refractivity contribution is 5.94. The van der Waals surface area contributed by atoms with Crippen LogP contribution in [0.3, 0.4) is 0 Å². The van der Waals surface area contributed by atoms with Gasteiger partial charge in [-0.05, 0) is 36.7 Å². The Bertz CT molecular complexity index is 808. The molecule has 0 spiro atoms. The van der Waals surface area contributed by atoms with Crippen molar-refractivity contribution in [1.82, 2.24) is 15.5 Å². The number of ether oxygens (including phenoxy) is 2. The minimum absolute atomic E-state index is 0.0107. The summed E-state index contributed by atoms with van der Waals surface area (Å²) < 4.78 is 10.8. The van der Waals surface area contributed by atoms with Gasteiger partial charge < -0.3 is 25.0 Å². The average Bonchev–Trinajstić information content (AvgIpc) is 3.17. The van der Waals surface area contributed by atoms with Gasteiger partial charge in [0.2, 0.25) is 5.91 Å². The predicted molar refractivity (Wildman–Crippen MR) is 125 cm³/mol. The third kappa shape index (κ3) is 7.27. The van der Waals surface area contributed by atoms with E-state index in [-0.39, 0.29) is 35.8 Å². The largest absolute Gasteiger partial charge is 0.378 e. The van der Waals surface area contributed by atoms with Gasteiger partial charge in [-0.3, -0.25) is 9.59 Å². The standard InChI is InChI=1S/C25H37N3O5/c1-4-21-22(20(29)17-33-21)27-23(30)19(26-24(31)28-12-14-32-15-13-28)16-25(2,3)11-10-18-8-6-5-7-9-18/h5-9,19,21-22H,4,10-17H2,1-3H3,(H,26,31)(H,27,30). The molecule has 2 heterocycles. The molecule has 182 valence electrons. The van der Waals surface area contributed by atoms with Gasteiger partial charge in [-0.15, -0.1) is 0 Å². The summed E-state index contributed by atoms with van der Waals surface area (Å²) >= 11 is 0. The number of nitrogens with one attached hydrogen (secondary N) is 2. The highest BCUT2D eigenvalue weighted by Crippen LogP contribution is 2.29. The average molecular weight is 460 g/mol. The van der Waals surface area contributed by atoms with Crippen LogP contribution in [0.25, 0.3) is 0 Å². The van der Waals surface area contributed by atoms with E-state index >= 15 is 0 Å². The Kier molecular flexibility index (Phi) is 8.86. The number of nitrogens with zero attached hydrogens (tertiary/aromatic N) is 1. The maximum absolute atomic E-state index is 13.3. The number of aryl methyl sites for hydroxylation is 1. The van der Waals surface area contributed by atoms with Crippen molar-refractivity contribution >= 4 is 17.7 Å². The summed E-state index contributed by atoms with van der Waals surface area (Å²) in [4.78, 5) is 40.1. The Morgan fingerprint density at radius 2 is 1.88 bits per heavy atom. The predicted octanol–water partition coefficient (Wildman–Crippen LogP) is 2.31. The quantitative estimate of drug-likeness (QED) is 0.591. The van der Waals surface area contributed by atoms with Crippen LogP contribution in [0.15, 0.2) is 30.3 Å². The second kappa shape index (κ2) is 11.6. The SMILES string of the molecule is CCC1OCC(=O)C1NC(=O)C(CC(C)(C)CCc1ccccc1)NC(=O)N1CCOCC1. The van der Waals surface area contributed by atoms with Crippen LogP contribution >= 0.6 is 0 Å². The molecule has 2 aliphatic rings. The van der Waals surface area contributed by atoms with E-state index in [1.165, 1.54) is 5.56 Å².